The summed E-state index contributed by atoms with van der Waals surface area (Å²) in [6.07, 6.45) is -0.180. The topological polar surface area (TPSA) is 103 Å². The molecule has 0 heterocycles. The predicted octanol–water partition coefficient (Wildman–Crippen LogP) is 3.40. The van der Waals surface area contributed by atoms with Crippen LogP contribution in [0.25, 0.3) is 0 Å². The number of aliphatic hydroxyl groups is 2. The number of urea groups is 1. The highest BCUT2D eigenvalue weighted by molar-refractivity contribution is 5.99. The molecule has 0 bridgehead atoms. The molecule has 0 aromatic heterocycles. The Kier molecular flexibility index (Phi) is 9.19. The molecule has 174 valence electrons. The van der Waals surface area contributed by atoms with Gasteiger partial charge in [-0.2, -0.15) is 0 Å². The Balaban J connectivity index is 1.42. The molecule has 0 fully saturated rings. The van der Waals surface area contributed by atoms with Crippen LogP contribution in [0.2, 0.25) is 0 Å². The first-order valence-electron chi connectivity index (χ1n) is 10.6. The lowest BCUT2D eigenvalue weighted by molar-refractivity contribution is 0.0997. The van der Waals surface area contributed by atoms with Crippen molar-refractivity contribution in [1.82, 2.24) is 5.32 Å². The first-order valence-corrected chi connectivity index (χ1v) is 10.6. The summed E-state index contributed by atoms with van der Waals surface area (Å²) >= 11 is 0. The van der Waals surface area contributed by atoms with Crippen LogP contribution in [0.3, 0.4) is 0 Å². The zero-order valence-corrected chi connectivity index (χ0v) is 18.1. The molecule has 0 aliphatic carbocycles. The molecule has 2 unspecified atom stereocenters. The molecule has 0 aliphatic rings. The van der Waals surface area contributed by atoms with Crippen molar-refractivity contribution in [1.29, 1.82) is 0 Å². The molecule has 0 radical (unpaired) electrons. The van der Waals surface area contributed by atoms with Crippen LogP contribution in [0, 0.1) is 5.82 Å². The molecular formula is C25H28FN3O4. The molecule has 3 rings (SSSR count). The van der Waals surface area contributed by atoms with Gasteiger partial charge in [-0.05, 0) is 54.4 Å². The number of carbonyl (C=O) groups excluding carboxylic acids is 1. The predicted molar refractivity (Wildman–Crippen MR) is 126 cm³/mol. The molecule has 3 aromatic carbocycles. The van der Waals surface area contributed by atoms with Crippen molar-refractivity contribution in [3.63, 3.8) is 0 Å². The molecule has 0 saturated heterocycles. The third-order valence-electron chi connectivity index (χ3n) is 4.82. The van der Waals surface area contributed by atoms with E-state index in [9.17, 15) is 19.4 Å². The lowest BCUT2D eigenvalue weighted by Crippen LogP contribution is -2.41. The van der Waals surface area contributed by atoms with Gasteiger partial charge in [-0.3, -0.25) is 0 Å². The largest absolute Gasteiger partial charge is 0.491 e. The molecule has 7 nitrogen and oxygen atoms in total. The normalized spacial score (nSPS) is 12.6. The fourth-order valence-electron chi connectivity index (χ4n) is 3.14. The highest BCUT2D eigenvalue weighted by Crippen LogP contribution is 2.14. The highest BCUT2D eigenvalue weighted by Gasteiger charge is 2.12. The Labute approximate surface area is 192 Å². The lowest BCUT2D eigenvalue weighted by atomic mass is 10.1. The molecule has 0 spiro atoms. The van der Waals surface area contributed by atoms with Crippen LogP contribution in [0.1, 0.15) is 5.56 Å². The van der Waals surface area contributed by atoms with E-state index in [0.29, 0.717) is 23.5 Å². The number of anilines is 2. The van der Waals surface area contributed by atoms with E-state index in [4.69, 9.17) is 4.74 Å². The van der Waals surface area contributed by atoms with Crippen LogP contribution < -0.4 is 20.7 Å². The number of amides is 2. The number of hydrogen-bond donors (Lipinski definition) is 5. The van der Waals surface area contributed by atoms with Gasteiger partial charge < -0.3 is 30.9 Å². The number of hydrogen-bond acceptors (Lipinski definition) is 5. The Hall–Kier alpha value is -3.46. The minimum Gasteiger partial charge on any atom is -0.491 e. The second-order valence-corrected chi connectivity index (χ2v) is 7.56. The van der Waals surface area contributed by atoms with Crippen LogP contribution in [-0.4, -0.2) is 48.1 Å². The van der Waals surface area contributed by atoms with Gasteiger partial charge in [0.15, 0.2) is 0 Å². The first-order chi connectivity index (χ1) is 16.0. The zero-order valence-electron chi connectivity index (χ0n) is 18.1. The average molecular weight is 454 g/mol. The number of para-hydroxylation sites is 1. The standard InChI is InChI=1S/C25H28FN3O4/c26-19-5-4-6-21(14-19)29-25(32)28-20-11-9-18(10-12-20)13-22(16-30)27-15-23(31)17-33-24-7-2-1-3-8-24/h1-12,14,22-23,27,30-31H,13,15-17H2,(H2,28,29,32). The highest BCUT2D eigenvalue weighted by atomic mass is 19.1. The molecule has 2 amide bonds. The fraction of sp³-hybridized carbons (Fsp3) is 0.240. The summed E-state index contributed by atoms with van der Waals surface area (Å²) in [4.78, 5) is 12.1. The van der Waals surface area contributed by atoms with E-state index >= 15 is 0 Å². The van der Waals surface area contributed by atoms with E-state index in [1.165, 1.54) is 18.2 Å². The minimum absolute atomic E-state index is 0.0949. The Bertz CT molecular complexity index is 1000. The van der Waals surface area contributed by atoms with Gasteiger partial charge in [0.2, 0.25) is 0 Å². The van der Waals surface area contributed by atoms with E-state index in [1.807, 2.05) is 42.5 Å². The third-order valence-corrected chi connectivity index (χ3v) is 4.82. The van der Waals surface area contributed by atoms with Crippen LogP contribution in [0.4, 0.5) is 20.6 Å². The van der Waals surface area contributed by atoms with E-state index in [0.717, 1.165) is 5.56 Å². The molecule has 33 heavy (non-hydrogen) atoms. The number of halogens is 1. The van der Waals surface area contributed by atoms with Crippen molar-refractivity contribution in [2.45, 2.75) is 18.6 Å². The molecule has 3 aromatic rings. The van der Waals surface area contributed by atoms with Crippen molar-refractivity contribution in [2.24, 2.45) is 0 Å². The van der Waals surface area contributed by atoms with Gasteiger partial charge in [-0.25, -0.2) is 9.18 Å². The van der Waals surface area contributed by atoms with Crippen molar-refractivity contribution in [3.8, 4) is 5.75 Å². The maximum absolute atomic E-state index is 13.2. The SMILES string of the molecule is O=C(Nc1ccc(CC(CO)NCC(O)COc2ccccc2)cc1)Nc1cccc(F)c1. The van der Waals surface area contributed by atoms with E-state index < -0.39 is 18.0 Å². The Morgan fingerprint density at radius 1 is 0.939 bits per heavy atom. The minimum atomic E-state index is -0.720. The van der Waals surface area contributed by atoms with Crippen LogP contribution in [-0.2, 0) is 6.42 Å². The Morgan fingerprint density at radius 3 is 2.36 bits per heavy atom. The second kappa shape index (κ2) is 12.5. The van der Waals surface area contributed by atoms with Crippen LogP contribution in [0.15, 0.2) is 78.9 Å². The maximum atomic E-state index is 13.2. The molecule has 2 atom stereocenters. The summed E-state index contributed by atoms with van der Waals surface area (Å²) in [6.45, 7) is 0.327. The lowest BCUT2D eigenvalue weighted by Gasteiger charge is -2.19. The molecule has 5 N–H and O–H groups in total. The third kappa shape index (κ3) is 8.53. The zero-order chi connectivity index (χ0) is 23.5. The summed E-state index contributed by atoms with van der Waals surface area (Å²) in [5.74, 6) is 0.258. The van der Waals surface area contributed by atoms with Gasteiger partial charge in [0.05, 0.1) is 6.61 Å². The van der Waals surface area contributed by atoms with Gasteiger partial charge in [0.1, 0.15) is 24.3 Å². The summed E-state index contributed by atoms with van der Waals surface area (Å²) in [5.41, 5.74) is 1.89. The quantitative estimate of drug-likeness (QED) is 0.306. The smallest absolute Gasteiger partial charge is 0.323 e. The second-order valence-electron chi connectivity index (χ2n) is 7.56. The van der Waals surface area contributed by atoms with E-state index in [1.54, 1.807) is 18.2 Å². The Morgan fingerprint density at radius 2 is 1.67 bits per heavy atom. The maximum Gasteiger partial charge on any atom is 0.323 e. The summed E-state index contributed by atoms with van der Waals surface area (Å²) < 4.78 is 18.7. The number of rotatable bonds is 11. The van der Waals surface area contributed by atoms with Gasteiger partial charge in [0.25, 0.3) is 0 Å². The van der Waals surface area contributed by atoms with Gasteiger partial charge >= 0.3 is 6.03 Å². The van der Waals surface area contributed by atoms with Crippen molar-refractivity contribution < 1.29 is 24.1 Å². The number of carbonyl (C=O) groups is 1. The van der Waals surface area contributed by atoms with Crippen molar-refractivity contribution >= 4 is 17.4 Å². The molecule has 8 heteroatoms. The van der Waals surface area contributed by atoms with Gasteiger partial charge in [-0.15, -0.1) is 0 Å². The van der Waals surface area contributed by atoms with E-state index in [2.05, 4.69) is 16.0 Å². The summed E-state index contributed by atoms with van der Waals surface area (Å²) in [5, 5.41) is 28.2. The van der Waals surface area contributed by atoms with Crippen LogP contribution in [0.5, 0.6) is 5.75 Å². The van der Waals surface area contributed by atoms with Crippen LogP contribution >= 0.6 is 0 Å². The van der Waals surface area contributed by atoms with E-state index in [-0.39, 0.29) is 25.8 Å². The molecular weight excluding hydrogens is 425 g/mol. The molecule has 0 aliphatic heterocycles. The van der Waals surface area contributed by atoms with Crippen molar-refractivity contribution in [3.05, 3.63) is 90.2 Å². The van der Waals surface area contributed by atoms with Crippen molar-refractivity contribution in [2.75, 3.05) is 30.4 Å². The monoisotopic (exact) mass is 453 g/mol. The molecule has 0 saturated carbocycles. The first kappa shape index (κ1) is 24.2. The number of benzene rings is 3. The fourth-order valence-corrected chi connectivity index (χ4v) is 3.14. The van der Waals surface area contributed by atoms with Gasteiger partial charge in [0, 0.05) is 24.0 Å². The van der Waals surface area contributed by atoms with Gasteiger partial charge in [-0.1, -0.05) is 36.4 Å². The summed E-state index contributed by atoms with van der Waals surface area (Å²) in [7, 11) is 0. The number of nitrogens with one attached hydrogen (secondary N) is 3. The summed E-state index contributed by atoms with van der Waals surface area (Å²) in [6, 6.07) is 21.4. The number of aliphatic hydroxyl groups excluding tert-OH is 2. The average Bonchev–Trinajstić information content (AvgIpc) is 2.82. The number of ether oxygens (including phenoxy) is 1.